The number of rotatable bonds is 5. The molecule has 1 rings (SSSR count). The lowest BCUT2D eigenvalue weighted by Gasteiger charge is -2.30. The van der Waals surface area contributed by atoms with Gasteiger partial charge in [0.2, 0.25) is 0 Å². The fraction of sp³-hybridized carbons (Fsp3) is 0.545. The Bertz CT molecular complexity index is 338. The molecule has 5 nitrogen and oxygen atoms in total. The summed E-state index contributed by atoms with van der Waals surface area (Å²) < 4.78 is 10.1. The van der Waals surface area contributed by atoms with Gasteiger partial charge in [-0.05, 0) is 18.6 Å². The lowest BCUT2D eigenvalue weighted by atomic mass is 9.96. The molecule has 0 radical (unpaired) electrons. The maximum atomic E-state index is 10.2. The summed E-state index contributed by atoms with van der Waals surface area (Å²) in [6, 6.07) is 3.59. The van der Waals surface area contributed by atoms with Crippen LogP contribution >= 0.6 is 0 Å². The molecule has 16 heavy (non-hydrogen) atoms. The molecule has 0 saturated heterocycles. The van der Waals surface area contributed by atoms with Crippen LogP contribution in [-0.2, 0) is 15.9 Å². The number of ether oxygens (including phenoxy) is 2. The molecule has 3 N–H and O–H groups in total. The van der Waals surface area contributed by atoms with Crippen molar-refractivity contribution < 1.29 is 14.6 Å². The number of anilines is 1. The van der Waals surface area contributed by atoms with Crippen LogP contribution in [0.4, 0.5) is 5.82 Å². The fourth-order valence-electron chi connectivity index (χ4n) is 1.67. The zero-order chi connectivity index (χ0) is 12.2. The highest BCUT2D eigenvalue weighted by Gasteiger charge is 2.33. The Morgan fingerprint density at radius 1 is 1.50 bits per heavy atom. The molecule has 0 amide bonds. The zero-order valence-corrected chi connectivity index (χ0v) is 9.80. The Morgan fingerprint density at radius 2 is 2.12 bits per heavy atom. The van der Waals surface area contributed by atoms with Crippen molar-refractivity contribution in [3.8, 4) is 0 Å². The summed E-state index contributed by atoms with van der Waals surface area (Å²) >= 11 is 0. The second-order valence-electron chi connectivity index (χ2n) is 3.89. The van der Waals surface area contributed by atoms with Crippen LogP contribution in [0.2, 0.25) is 0 Å². The molecule has 0 aliphatic rings. The van der Waals surface area contributed by atoms with E-state index in [0.29, 0.717) is 12.2 Å². The van der Waals surface area contributed by atoms with E-state index in [-0.39, 0.29) is 0 Å². The summed E-state index contributed by atoms with van der Waals surface area (Å²) in [7, 11) is 2.96. The van der Waals surface area contributed by atoms with Crippen molar-refractivity contribution in [3.05, 3.63) is 23.9 Å². The van der Waals surface area contributed by atoms with E-state index in [4.69, 9.17) is 15.2 Å². The molecule has 0 bridgehead atoms. The minimum Gasteiger partial charge on any atom is -0.385 e. The molecule has 0 saturated carbocycles. The number of hydrogen-bond acceptors (Lipinski definition) is 5. The lowest BCUT2D eigenvalue weighted by molar-refractivity contribution is -0.207. The third-order valence-electron chi connectivity index (χ3n) is 2.41. The molecule has 0 fully saturated rings. The standard InChI is InChI=1S/C11H18N2O3/c1-11(14,10(15-2)16-3)7-8-5-4-6-13-9(8)12/h4-6,10,14H,7H2,1-3H3,(H2,12,13). The highest BCUT2D eigenvalue weighted by molar-refractivity contribution is 5.39. The predicted molar refractivity (Wildman–Crippen MR) is 60.8 cm³/mol. The molecule has 0 aromatic carbocycles. The van der Waals surface area contributed by atoms with Crippen LogP contribution in [-0.4, -0.2) is 36.2 Å². The van der Waals surface area contributed by atoms with E-state index in [1.54, 1.807) is 19.2 Å². The number of methoxy groups -OCH3 is 2. The maximum absolute atomic E-state index is 10.2. The van der Waals surface area contributed by atoms with E-state index in [2.05, 4.69) is 4.98 Å². The Labute approximate surface area is 95.2 Å². The molecule has 90 valence electrons. The number of aromatic nitrogens is 1. The molecular formula is C11H18N2O3. The molecule has 1 heterocycles. The first-order chi connectivity index (χ1) is 7.51. The van der Waals surface area contributed by atoms with E-state index in [1.807, 2.05) is 6.07 Å². The van der Waals surface area contributed by atoms with Crippen molar-refractivity contribution >= 4 is 5.82 Å². The van der Waals surface area contributed by atoms with Crippen LogP contribution in [0.1, 0.15) is 12.5 Å². The van der Waals surface area contributed by atoms with Crippen LogP contribution < -0.4 is 5.73 Å². The third-order valence-corrected chi connectivity index (χ3v) is 2.41. The average Bonchev–Trinajstić information content (AvgIpc) is 2.22. The minimum atomic E-state index is -1.15. The van der Waals surface area contributed by atoms with Crippen LogP contribution in [0.5, 0.6) is 0 Å². The molecule has 1 unspecified atom stereocenters. The summed E-state index contributed by atoms with van der Waals surface area (Å²) in [4.78, 5) is 3.96. The SMILES string of the molecule is COC(OC)C(C)(O)Cc1cccnc1N. The largest absolute Gasteiger partial charge is 0.385 e. The number of aliphatic hydroxyl groups is 1. The van der Waals surface area contributed by atoms with Gasteiger partial charge in [-0.3, -0.25) is 0 Å². The van der Waals surface area contributed by atoms with Gasteiger partial charge in [-0.1, -0.05) is 6.07 Å². The summed E-state index contributed by atoms with van der Waals surface area (Å²) in [5.41, 5.74) is 5.32. The second-order valence-corrected chi connectivity index (χ2v) is 3.89. The average molecular weight is 226 g/mol. The molecule has 1 atom stereocenters. The zero-order valence-electron chi connectivity index (χ0n) is 9.80. The Hall–Kier alpha value is -1.17. The normalized spacial score (nSPS) is 15.1. The van der Waals surface area contributed by atoms with E-state index < -0.39 is 11.9 Å². The number of nitrogen functional groups attached to an aromatic ring is 1. The van der Waals surface area contributed by atoms with Crippen molar-refractivity contribution in [3.63, 3.8) is 0 Å². The van der Waals surface area contributed by atoms with Crippen LogP contribution in [0.15, 0.2) is 18.3 Å². The van der Waals surface area contributed by atoms with Crippen molar-refractivity contribution in [1.29, 1.82) is 0 Å². The Balaban J connectivity index is 2.83. The summed E-state index contributed by atoms with van der Waals surface area (Å²) in [6.07, 6.45) is 1.23. The summed E-state index contributed by atoms with van der Waals surface area (Å²) in [6.45, 7) is 1.64. The molecule has 0 aliphatic heterocycles. The molecule has 0 aliphatic carbocycles. The number of nitrogens with zero attached hydrogens (tertiary/aromatic N) is 1. The van der Waals surface area contributed by atoms with Gasteiger partial charge in [-0.15, -0.1) is 0 Å². The lowest BCUT2D eigenvalue weighted by Crippen LogP contribution is -2.44. The molecular weight excluding hydrogens is 208 g/mol. The summed E-state index contributed by atoms with van der Waals surface area (Å²) in [5.74, 6) is 0.411. The highest BCUT2D eigenvalue weighted by Crippen LogP contribution is 2.22. The van der Waals surface area contributed by atoms with Gasteiger partial charge < -0.3 is 20.3 Å². The van der Waals surface area contributed by atoms with Gasteiger partial charge in [-0.25, -0.2) is 4.98 Å². The number of pyridine rings is 1. The van der Waals surface area contributed by atoms with Crippen LogP contribution in [0, 0.1) is 0 Å². The van der Waals surface area contributed by atoms with Gasteiger partial charge in [-0.2, -0.15) is 0 Å². The predicted octanol–water partition coefficient (Wildman–Crippen LogP) is 0.576. The first kappa shape index (κ1) is 12.9. The van der Waals surface area contributed by atoms with Crippen LogP contribution in [0.3, 0.4) is 0 Å². The highest BCUT2D eigenvalue weighted by atomic mass is 16.7. The Kier molecular flexibility index (Phi) is 4.23. The van der Waals surface area contributed by atoms with Gasteiger partial charge in [0.25, 0.3) is 0 Å². The Morgan fingerprint density at radius 3 is 2.62 bits per heavy atom. The summed E-state index contributed by atoms with van der Waals surface area (Å²) in [5, 5.41) is 10.2. The molecule has 5 heteroatoms. The van der Waals surface area contributed by atoms with Gasteiger partial charge in [0, 0.05) is 26.8 Å². The third kappa shape index (κ3) is 2.91. The van der Waals surface area contributed by atoms with Crippen LogP contribution in [0.25, 0.3) is 0 Å². The molecule has 0 spiro atoms. The van der Waals surface area contributed by atoms with Gasteiger partial charge in [0.1, 0.15) is 11.4 Å². The van der Waals surface area contributed by atoms with Gasteiger partial charge in [0.05, 0.1) is 0 Å². The number of nitrogens with two attached hydrogens (primary N) is 1. The van der Waals surface area contributed by atoms with Crippen molar-refractivity contribution in [2.24, 2.45) is 0 Å². The van der Waals surface area contributed by atoms with E-state index in [9.17, 15) is 5.11 Å². The van der Waals surface area contributed by atoms with Crippen molar-refractivity contribution in [2.45, 2.75) is 25.2 Å². The topological polar surface area (TPSA) is 77.6 Å². The van der Waals surface area contributed by atoms with Gasteiger partial charge >= 0.3 is 0 Å². The van der Waals surface area contributed by atoms with E-state index in [0.717, 1.165) is 5.56 Å². The first-order valence-corrected chi connectivity index (χ1v) is 4.98. The quantitative estimate of drug-likeness (QED) is 0.718. The molecule has 1 aromatic heterocycles. The number of hydrogen-bond donors (Lipinski definition) is 2. The minimum absolute atomic E-state index is 0.318. The van der Waals surface area contributed by atoms with Crippen molar-refractivity contribution in [2.75, 3.05) is 20.0 Å². The second kappa shape index (κ2) is 5.25. The van der Waals surface area contributed by atoms with Crippen molar-refractivity contribution in [1.82, 2.24) is 4.98 Å². The molecule has 1 aromatic rings. The smallest absolute Gasteiger partial charge is 0.185 e. The maximum Gasteiger partial charge on any atom is 0.185 e. The van der Waals surface area contributed by atoms with E-state index in [1.165, 1.54) is 14.2 Å². The monoisotopic (exact) mass is 226 g/mol. The van der Waals surface area contributed by atoms with Gasteiger partial charge in [0.15, 0.2) is 6.29 Å². The van der Waals surface area contributed by atoms with E-state index >= 15 is 0 Å². The first-order valence-electron chi connectivity index (χ1n) is 4.98. The fourth-order valence-corrected chi connectivity index (χ4v) is 1.67.